The van der Waals surface area contributed by atoms with Crippen LogP contribution in [0.4, 0.5) is 4.39 Å². The Morgan fingerprint density at radius 2 is 1.89 bits per heavy atom. The second-order valence-electron chi connectivity index (χ2n) is 8.55. The maximum atomic E-state index is 14.6. The van der Waals surface area contributed by atoms with Crippen molar-refractivity contribution in [3.63, 3.8) is 0 Å². The number of likely N-dealkylation sites (N-methyl/N-ethyl adjacent to an activating group) is 1. The molecule has 182 valence electrons. The fourth-order valence-corrected chi connectivity index (χ4v) is 4.15. The van der Waals surface area contributed by atoms with E-state index in [-0.39, 0.29) is 5.82 Å². The highest BCUT2D eigenvalue weighted by molar-refractivity contribution is 5.96. The molecule has 0 radical (unpaired) electrons. The van der Waals surface area contributed by atoms with Crippen LogP contribution < -0.4 is 10.6 Å². The number of halogens is 1. The van der Waals surface area contributed by atoms with Crippen molar-refractivity contribution in [1.82, 2.24) is 25.1 Å². The number of hydrogen-bond acceptors (Lipinski definition) is 3. The summed E-state index contributed by atoms with van der Waals surface area (Å²) in [4.78, 5) is 9.85. The van der Waals surface area contributed by atoms with Crippen LogP contribution >= 0.6 is 0 Å². The molecule has 4 rings (SSSR count). The van der Waals surface area contributed by atoms with Gasteiger partial charge >= 0.3 is 0 Å². The third kappa shape index (κ3) is 4.70. The highest BCUT2D eigenvalue weighted by atomic mass is 19.1. The first-order chi connectivity index (χ1) is 17.4. The third-order valence-electron chi connectivity index (χ3n) is 6.10. The Morgan fingerprint density at radius 3 is 2.56 bits per heavy atom. The van der Waals surface area contributed by atoms with Gasteiger partial charge in [0.1, 0.15) is 17.2 Å². The van der Waals surface area contributed by atoms with Crippen LogP contribution in [-0.4, -0.2) is 39.2 Å². The summed E-state index contributed by atoms with van der Waals surface area (Å²) in [5, 5.41) is 10.3. The largest absolute Gasteiger partial charge is 0.378 e. The van der Waals surface area contributed by atoms with Crippen LogP contribution in [0.2, 0.25) is 0 Å². The summed E-state index contributed by atoms with van der Waals surface area (Å²) < 4.78 is 14.6. The van der Waals surface area contributed by atoms with Gasteiger partial charge in [0.05, 0.1) is 11.0 Å². The van der Waals surface area contributed by atoms with Gasteiger partial charge in [0.25, 0.3) is 0 Å². The summed E-state index contributed by atoms with van der Waals surface area (Å²) in [5.74, 6) is -0.274. The molecular weight excluding hydrogens is 449 g/mol. The molecule has 0 saturated carbocycles. The van der Waals surface area contributed by atoms with Gasteiger partial charge in [-0.25, -0.2) is 9.37 Å². The Kier molecular flexibility index (Phi) is 7.15. The smallest absolute Gasteiger partial charge is 0.138 e. The predicted molar refractivity (Wildman–Crippen MR) is 148 cm³/mol. The van der Waals surface area contributed by atoms with Crippen molar-refractivity contribution in [1.29, 1.82) is 0 Å². The molecule has 36 heavy (non-hydrogen) atoms. The van der Waals surface area contributed by atoms with Crippen molar-refractivity contribution in [3.8, 4) is 22.5 Å². The molecule has 0 aliphatic heterocycles. The van der Waals surface area contributed by atoms with Crippen molar-refractivity contribution in [2.24, 2.45) is 0 Å². The van der Waals surface area contributed by atoms with E-state index in [0.29, 0.717) is 11.2 Å². The Hall–Kier alpha value is -4.45. The van der Waals surface area contributed by atoms with Gasteiger partial charge in [0.2, 0.25) is 0 Å². The van der Waals surface area contributed by atoms with E-state index >= 15 is 0 Å². The van der Waals surface area contributed by atoms with E-state index in [1.54, 1.807) is 18.3 Å². The maximum Gasteiger partial charge on any atom is 0.138 e. The zero-order valence-corrected chi connectivity index (χ0v) is 21.1. The van der Waals surface area contributed by atoms with Crippen molar-refractivity contribution in [2.75, 3.05) is 14.1 Å². The van der Waals surface area contributed by atoms with Gasteiger partial charge in [0.15, 0.2) is 0 Å². The van der Waals surface area contributed by atoms with Crippen molar-refractivity contribution in [3.05, 3.63) is 107 Å². The van der Waals surface area contributed by atoms with Crippen LogP contribution in [0.5, 0.6) is 0 Å². The fourth-order valence-electron chi connectivity index (χ4n) is 4.15. The first kappa shape index (κ1) is 24.7. The third-order valence-corrected chi connectivity index (χ3v) is 6.10. The molecule has 0 spiro atoms. The van der Waals surface area contributed by atoms with Crippen LogP contribution in [0.25, 0.3) is 45.7 Å². The molecule has 0 aliphatic carbocycles. The van der Waals surface area contributed by atoms with E-state index in [0.717, 1.165) is 49.7 Å². The van der Waals surface area contributed by atoms with E-state index < -0.39 is 0 Å². The molecule has 0 amide bonds. The summed E-state index contributed by atoms with van der Waals surface area (Å²) in [6, 6.07) is 10.6. The van der Waals surface area contributed by atoms with Crippen LogP contribution in [0.15, 0.2) is 90.8 Å². The number of nitrogens with zero attached hydrogens (tertiary/aromatic N) is 3. The molecule has 3 aromatic heterocycles. The van der Waals surface area contributed by atoms with Crippen LogP contribution in [-0.2, 0) is 0 Å². The standard InChI is InChI=1S/C30H30FN5/c1-7-20(17-21(8-2)36(5)6)19(4)16-25-27(9-3)34-35-29(25)28-18-24-22(14-15-32-30(24)33-28)23-12-10-11-13-26(23)31/h7-18,34H,2,4H2,1,3,5-6H3,(H,32,33)/b20-7+,21-17+,25-16+,27-9+. The number of fused-ring (bicyclic) bond motifs is 1. The van der Waals surface area contributed by atoms with E-state index in [1.165, 1.54) is 6.07 Å². The molecule has 2 N–H and O–H groups in total. The number of benzene rings is 1. The molecule has 5 nitrogen and oxygen atoms in total. The molecule has 0 saturated heterocycles. The van der Waals surface area contributed by atoms with Crippen molar-refractivity contribution in [2.45, 2.75) is 13.8 Å². The van der Waals surface area contributed by atoms with E-state index in [1.807, 2.05) is 75.3 Å². The number of aromatic nitrogens is 4. The monoisotopic (exact) mass is 479 g/mol. The average Bonchev–Trinajstić information content (AvgIpc) is 3.48. The van der Waals surface area contributed by atoms with E-state index in [9.17, 15) is 4.39 Å². The number of nitrogens with one attached hydrogen (secondary N) is 2. The molecule has 1 aromatic carbocycles. The number of H-pyrrole nitrogens is 2. The number of rotatable bonds is 7. The number of aromatic amines is 2. The summed E-state index contributed by atoms with van der Waals surface area (Å²) in [6.07, 6.45) is 11.6. The molecule has 3 heterocycles. The minimum Gasteiger partial charge on any atom is -0.378 e. The predicted octanol–water partition coefficient (Wildman–Crippen LogP) is 5.47. The molecular formula is C30H30FN5. The summed E-state index contributed by atoms with van der Waals surface area (Å²) in [7, 11) is 3.95. The number of pyridine rings is 1. The van der Waals surface area contributed by atoms with E-state index in [2.05, 4.69) is 39.4 Å². The minimum atomic E-state index is -0.274. The zero-order chi connectivity index (χ0) is 25.8. The Labute approximate surface area is 210 Å². The Bertz CT molecular complexity index is 1630. The van der Waals surface area contributed by atoms with Gasteiger partial charge in [-0.15, -0.1) is 0 Å². The highest BCUT2D eigenvalue weighted by Crippen LogP contribution is 2.31. The topological polar surface area (TPSA) is 60.6 Å². The average molecular weight is 480 g/mol. The van der Waals surface area contributed by atoms with Crippen molar-refractivity contribution >= 4 is 23.2 Å². The second kappa shape index (κ2) is 10.4. The summed E-state index contributed by atoms with van der Waals surface area (Å²) in [6.45, 7) is 12.2. The molecule has 0 fully saturated rings. The van der Waals surface area contributed by atoms with Crippen LogP contribution in [0.3, 0.4) is 0 Å². The number of hydrogen-bond donors (Lipinski definition) is 2. The summed E-state index contributed by atoms with van der Waals surface area (Å²) >= 11 is 0. The lowest BCUT2D eigenvalue weighted by Crippen LogP contribution is -2.23. The molecule has 0 bridgehead atoms. The second-order valence-corrected chi connectivity index (χ2v) is 8.55. The lowest BCUT2D eigenvalue weighted by Gasteiger charge is -2.14. The van der Waals surface area contributed by atoms with Crippen LogP contribution in [0, 0.1) is 5.82 Å². The maximum absolute atomic E-state index is 14.6. The molecule has 0 unspecified atom stereocenters. The molecule has 0 atom stereocenters. The molecule has 4 aromatic rings. The minimum absolute atomic E-state index is 0.274. The van der Waals surface area contributed by atoms with Gasteiger partial charge in [-0.3, -0.25) is 5.10 Å². The lowest BCUT2D eigenvalue weighted by molar-refractivity contribution is 0.530. The van der Waals surface area contributed by atoms with E-state index in [4.69, 9.17) is 0 Å². The SMILES string of the molecule is C=C/C(=C\C(=C/C)C(=C)/C=c1/c(-c2cc3c(-c4ccccc4F)ccnc3[nH]2)n[nH]/c1=C/C)N(C)C. The Morgan fingerprint density at radius 1 is 1.11 bits per heavy atom. The van der Waals surface area contributed by atoms with Gasteiger partial charge in [-0.1, -0.05) is 43.5 Å². The fraction of sp³-hybridized carbons (Fsp3) is 0.133. The van der Waals surface area contributed by atoms with Crippen LogP contribution in [0.1, 0.15) is 13.8 Å². The van der Waals surface area contributed by atoms with Gasteiger partial charge in [-0.05, 0) is 67.0 Å². The Balaban J connectivity index is 1.86. The lowest BCUT2D eigenvalue weighted by atomic mass is 10.0. The highest BCUT2D eigenvalue weighted by Gasteiger charge is 2.15. The normalized spacial score (nSPS) is 13.5. The first-order valence-electron chi connectivity index (χ1n) is 11.7. The van der Waals surface area contributed by atoms with Gasteiger partial charge < -0.3 is 9.88 Å². The van der Waals surface area contributed by atoms with Gasteiger partial charge in [-0.2, -0.15) is 5.10 Å². The molecule has 0 aliphatic rings. The van der Waals surface area contributed by atoms with Gasteiger partial charge in [0, 0.05) is 42.2 Å². The van der Waals surface area contributed by atoms with Crippen molar-refractivity contribution < 1.29 is 4.39 Å². The summed E-state index contributed by atoms with van der Waals surface area (Å²) in [5.41, 5.74) is 6.28. The number of allylic oxidation sites excluding steroid dienone is 5. The quantitative estimate of drug-likeness (QED) is 0.346. The molecule has 6 heteroatoms. The first-order valence-corrected chi connectivity index (χ1v) is 11.7. The zero-order valence-electron chi connectivity index (χ0n) is 21.1.